The Morgan fingerprint density at radius 2 is 1.91 bits per heavy atom. The summed E-state index contributed by atoms with van der Waals surface area (Å²) in [5, 5.41) is 1.96. The molecule has 1 amide bonds. The van der Waals surface area contributed by atoms with Gasteiger partial charge in [0, 0.05) is 25.8 Å². The Bertz CT molecular complexity index is 824. The number of nitrogens with zero attached hydrogens (tertiary/aromatic N) is 1. The third-order valence-corrected chi connectivity index (χ3v) is 6.19. The van der Waals surface area contributed by atoms with Crippen molar-refractivity contribution in [1.29, 1.82) is 0 Å². The number of sulfone groups is 1. The van der Waals surface area contributed by atoms with E-state index in [4.69, 9.17) is 0 Å². The van der Waals surface area contributed by atoms with Crippen molar-refractivity contribution >= 4 is 26.5 Å². The molecule has 0 saturated carbocycles. The topological polar surface area (TPSA) is 54.5 Å². The second-order valence-electron chi connectivity index (χ2n) is 6.22. The summed E-state index contributed by atoms with van der Waals surface area (Å²) < 4.78 is 23.2. The number of aryl methyl sites for hydroxylation is 1. The molecule has 1 atom stereocenters. The molecule has 1 aliphatic heterocycles. The number of amides is 1. The number of carbonyl (C=O) groups is 1. The number of carbonyl (C=O) groups excluding carboxylic acids is 1. The Hall–Kier alpha value is -1.88. The summed E-state index contributed by atoms with van der Waals surface area (Å²) in [6.07, 6.45) is 2.91. The van der Waals surface area contributed by atoms with Crippen molar-refractivity contribution in [2.24, 2.45) is 0 Å². The maximum Gasteiger partial charge on any atom is 0.222 e. The zero-order chi connectivity index (χ0) is 16.4. The minimum absolute atomic E-state index is 0.0454. The molecular formula is C18H21NO3S. The number of hydrogen-bond donors (Lipinski definition) is 0. The first-order chi connectivity index (χ1) is 10.9. The van der Waals surface area contributed by atoms with Gasteiger partial charge in [0.15, 0.2) is 9.84 Å². The largest absolute Gasteiger partial charge is 0.341 e. The van der Waals surface area contributed by atoms with Crippen molar-refractivity contribution in [3.05, 3.63) is 48.0 Å². The number of hydrogen-bond acceptors (Lipinski definition) is 3. The smallest absolute Gasteiger partial charge is 0.222 e. The zero-order valence-corrected chi connectivity index (χ0v) is 14.1. The molecule has 2 aromatic rings. The molecule has 1 aliphatic rings. The zero-order valence-electron chi connectivity index (χ0n) is 13.2. The van der Waals surface area contributed by atoms with Gasteiger partial charge in [-0.25, -0.2) is 8.42 Å². The summed E-state index contributed by atoms with van der Waals surface area (Å²) in [6, 6.07) is 14.3. The second kappa shape index (κ2) is 6.32. The minimum atomic E-state index is -3.06. The molecule has 1 heterocycles. The SMILES string of the molecule is CS(=O)(=O)C1CCN(C(=O)CCc2cccc3ccccc23)C1. The van der Waals surface area contributed by atoms with Crippen LogP contribution in [0, 0.1) is 0 Å². The third-order valence-electron chi connectivity index (χ3n) is 4.59. The lowest BCUT2D eigenvalue weighted by Crippen LogP contribution is -2.31. The Morgan fingerprint density at radius 1 is 1.17 bits per heavy atom. The average molecular weight is 331 g/mol. The van der Waals surface area contributed by atoms with Crippen LogP contribution in [0.1, 0.15) is 18.4 Å². The molecule has 0 N–H and O–H groups in total. The fourth-order valence-corrected chi connectivity index (χ4v) is 4.20. The van der Waals surface area contributed by atoms with Gasteiger partial charge in [-0.3, -0.25) is 4.79 Å². The Morgan fingerprint density at radius 3 is 2.65 bits per heavy atom. The first-order valence-corrected chi connectivity index (χ1v) is 9.84. The summed E-state index contributed by atoms with van der Waals surface area (Å²) in [5.41, 5.74) is 1.16. The van der Waals surface area contributed by atoms with Crippen LogP contribution in [0.4, 0.5) is 0 Å². The maximum absolute atomic E-state index is 12.4. The maximum atomic E-state index is 12.4. The van der Waals surface area contributed by atoms with Crippen LogP contribution in [0.2, 0.25) is 0 Å². The number of rotatable bonds is 4. The van der Waals surface area contributed by atoms with E-state index >= 15 is 0 Å². The van der Waals surface area contributed by atoms with Crippen molar-refractivity contribution in [1.82, 2.24) is 4.90 Å². The first kappa shape index (κ1) is 16.0. The van der Waals surface area contributed by atoms with E-state index in [2.05, 4.69) is 24.3 Å². The van der Waals surface area contributed by atoms with Gasteiger partial charge in [-0.05, 0) is 29.2 Å². The van der Waals surface area contributed by atoms with E-state index in [-0.39, 0.29) is 5.91 Å². The molecular weight excluding hydrogens is 310 g/mol. The molecule has 5 heteroatoms. The van der Waals surface area contributed by atoms with Crippen LogP contribution in [-0.2, 0) is 21.1 Å². The van der Waals surface area contributed by atoms with E-state index in [1.165, 1.54) is 17.0 Å². The van der Waals surface area contributed by atoms with E-state index in [0.717, 1.165) is 5.56 Å². The first-order valence-electron chi connectivity index (χ1n) is 7.88. The van der Waals surface area contributed by atoms with Gasteiger partial charge in [-0.15, -0.1) is 0 Å². The normalized spacial score (nSPS) is 18.5. The highest BCUT2D eigenvalue weighted by atomic mass is 32.2. The molecule has 0 radical (unpaired) electrons. The molecule has 2 aromatic carbocycles. The molecule has 0 aromatic heterocycles. The number of likely N-dealkylation sites (tertiary alicyclic amines) is 1. The fourth-order valence-electron chi connectivity index (χ4n) is 3.21. The van der Waals surface area contributed by atoms with E-state index in [1.54, 1.807) is 4.90 Å². The van der Waals surface area contributed by atoms with Crippen LogP contribution in [0.15, 0.2) is 42.5 Å². The minimum Gasteiger partial charge on any atom is -0.341 e. The van der Waals surface area contributed by atoms with Gasteiger partial charge in [0.05, 0.1) is 5.25 Å². The predicted octanol–water partition coefficient (Wildman–Crippen LogP) is 2.42. The lowest BCUT2D eigenvalue weighted by Gasteiger charge is -2.16. The molecule has 4 nitrogen and oxygen atoms in total. The van der Waals surface area contributed by atoms with E-state index < -0.39 is 15.1 Å². The molecule has 3 rings (SSSR count). The summed E-state index contributed by atoms with van der Waals surface area (Å²) in [6.45, 7) is 0.888. The van der Waals surface area contributed by atoms with E-state index in [9.17, 15) is 13.2 Å². The van der Waals surface area contributed by atoms with Crippen LogP contribution in [0.25, 0.3) is 10.8 Å². The van der Waals surface area contributed by atoms with Crippen molar-refractivity contribution < 1.29 is 13.2 Å². The number of fused-ring (bicyclic) bond motifs is 1. The van der Waals surface area contributed by atoms with Crippen LogP contribution < -0.4 is 0 Å². The quantitative estimate of drug-likeness (QED) is 0.864. The summed E-state index contributed by atoms with van der Waals surface area (Å²) >= 11 is 0. The lowest BCUT2D eigenvalue weighted by molar-refractivity contribution is -0.130. The van der Waals surface area contributed by atoms with Gasteiger partial charge in [-0.1, -0.05) is 42.5 Å². The highest BCUT2D eigenvalue weighted by Gasteiger charge is 2.32. The molecule has 122 valence electrons. The van der Waals surface area contributed by atoms with Crippen LogP contribution in [-0.4, -0.2) is 43.8 Å². The summed E-state index contributed by atoms with van der Waals surface area (Å²) in [7, 11) is -3.06. The molecule has 1 unspecified atom stereocenters. The highest BCUT2D eigenvalue weighted by Crippen LogP contribution is 2.21. The van der Waals surface area contributed by atoms with Crippen LogP contribution >= 0.6 is 0 Å². The molecule has 23 heavy (non-hydrogen) atoms. The summed E-state index contributed by atoms with van der Waals surface area (Å²) in [4.78, 5) is 14.0. The monoisotopic (exact) mass is 331 g/mol. The third kappa shape index (κ3) is 3.55. The Labute approximate surface area is 137 Å². The molecule has 0 bridgehead atoms. The predicted molar refractivity (Wildman–Crippen MR) is 92.1 cm³/mol. The number of benzene rings is 2. The van der Waals surface area contributed by atoms with Crippen LogP contribution in [0.5, 0.6) is 0 Å². The summed E-state index contributed by atoms with van der Waals surface area (Å²) in [5.74, 6) is 0.0454. The van der Waals surface area contributed by atoms with E-state index in [1.807, 2.05) is 18.2 Å². The lowest BCUT2D eigenvalue weighted by atomic mass is 10.0. The van der Waals surface area contributed by atoms with E-state index in [0.29, 0.717) is 32.4 Å². The van der Waals surface area contributed by atoms with Gasteiger partial charge >= 0.3 is 0 Å². The van der Waals surface area contributed by atoms with Crippen molar-refractivity contribution in [3.8, 4) is 0 Å². The molecule has 1 fully saturated rings. The molecule has 1 saturated heterocycles. The Balaban J connectivity index is 1.65. The van der Waals surface area contributed by atoms with Gasteiger partial charge in [0.25, 0.3) is 0 Å². The van der Waals surface area contributed by atoms with Gasteiger partial charge in [0.2, 0.25) is 5.91 Å². The van der Waals surface area contributed by atoms with Gasteiger partial charge < -0.3 is 4.90 Å². The molecule has 0 spiro atoms. The fraction of sp³-hybridized carbons (Fsp3) is 0.389. The van der Waals surface area contributed by atoms with Crippen molar-refractivity contribution in [2.45, 2.75) is 24.5 Å². The Kier molecular flexibility index (Phi) is 4.39. The average Bonchev–Trinajstić information content (AvgIpc) is 3.03. The van der Waals surface area contributed by atoms with Gasteiger partial charge in [0.1, 0.15) is 0 Å². The van der Waals surface area contributed by atoms with Crippen LogP contribution in [0.3, 0.4) is 0 Å². The van der Waals surface area contributed by atoms with Gasteiger partial charge in [-0.2, -0.15) is 0 Å². The second-order valence-corrected chi connectivity index (χ2v) is 8.54. The molecule has 0 aliphatic carbocycles. The highest BCUT2D eigenvalue weighted by molar-refractivity contribution is 7.91. The standard InChI is InChI=1S/C18H21NO3S/c1-23(21,22)16-11-12-19(13-16)18(20)10-9-15-7-4-6-14-5-2-3-8-17(14)15/h2-8,16H,9-13H2,1H3. The van der Waals surface area contributed by atoms with Crippen molar-refractivity contribution in [3.63, 3.8) is 0 Å². The van der Waals surface area contributed by atoms with Crippen molar-refractivity contribution in [2.75, 3.05) is 19.3 Å².